The van der Waals surface area contributed by atoms with Crippen LogP contribution in [0.15, 0.2) is 18.2 Å². The van der Waals surface area contributed by atoms with Crippen LogP contribution < -0.4 is 16.0 Å². The SMILES string of the molecule is CCCCNCCC.CCc1ccc(O)c(NC(=O)NC)c1. The summed E-state index contributed by atoms with van der Waals surface area (Å²) >= 11 is 0. The highest BCUT2D eigenvalue weighted by Gasteiger charge is 2.04. The number of hydrogen-bond donors (Lipinski definition) is 4. The zero-order valence-corrected chi connectivity index (χ0v) is 14.3. The van der Waals surface area contributed by atoms with E-state index in [0.29, 0.717) is 5.69 Å². The second-order valence-electron chi connectivity index (χ2n) is 5.01. The minimum Gasteiger partial charge on any atom is -0.506 e. The van der Waals surface area contributed by atoms with Crippen LogP contribution in [-0.2, 0) is 6.42 Å². The van der Waals surface area contributed by atoms with Crippen LogP contribution >= 0.6 is 0 Å². The van der Waals surface area contributed by atoms with Gasteiger partial charge in [-0.1, -0.05) is 33.3 Å². The van der Waals surface area contributed by atoms with E-state index in [2.05, 4.69) is 29.8 Å². The maximum Gasteiger partial charge on any atom is 0.319 e. The Morgan fingerprint density at radius 2 is 1.86 bits per heavy atom. The maximum absolute atomic E-state index is 11.0. The van der Waals surface area contributed by atoms with E-state index in [1.54, 1.807) is 12.1 Å². The van der Waals surface area contributed by atoms with Crippen LogP contribution in [0.2, 0.25) is 0 Å². The number of hydrogen-bond acceptors (Lipinski definition) is 3. The number of phenols is 1. The van der Waals surface area contributed by atoms with Crippen molar-refractivity contribution in [2.75, 3.05) is 25.5 Å². The number of urea groups is 1. The first-order valence-corrected chi connectivity index (χ1v) is 8.10. The number of aromatic hydroxyl groups is 1. The van der Waals surface area contributed by atoms with E-state index in [-0.39, 0.29) is 11.8 Å². The Balaban J connectivity index is 0.000000472. The summed E-state index contributed by atoms with van der Waals surface area (Å²) in [7, 11) is 1.52. The molecule has 1 aromatic carbocycles. The minimum atomic E-state index is -0.339. The Kier molecular flexibility index (Phi) is 11.9. The average Bonchev–Trinajstić information content (AvgIpc) is 2.54. The number of unbranched alkanes of at least 4 members (excludes halogenated alkanes) is 1. The number of aryl methyl sites for hydroxylation is 1. The number of rotatable bonds is 7. The molecule has 1 aromatic rings. The highest BCUT2D eigenvalue weighted by molar-refractivity contribution is 5.90. The van der Waals surface area contributed by atoms with Gasteiger partial charge in [0.25, 0.3) is 0 Å². The number of phenolic OH excluding ortho intramolecular Hbond substituents is 1. The van der Waals surface area contributed by atoms with Crippen molar-refractivity contribution in [2.24, 2.45) is 0 Å². The van der Waals surface area contributed by atoms with Gasteiger partial charge in [0.2, 0.25) is 0 Å². The third kappa shape index (κ3) is 9.23. The zero-order valence-electron chi connectivity index (χ0n) is 14.3. The molecule has 0 bridgehead atoms. The molecule has 1 rings (SSSR count). The van der Waals surface area contributed by atoms with Gasteiger partial charge < -0.3 is 21.1 Å². The third-order valence-electron chi connectivity index (χ3n) is 3.08. The third-order valence-corrected chi connectivity index (χ3v) is 3.08. The molecule has 22 heavy (non-hydrogen) atoms. The first-order valence-electron chi connectivity index (χ1n) is 8.10. The van der Waals surface area contributed by atoms with Crippen LogP contribution in [0.3, 0.4) is 0 Å². The van der Waals surface area contributed by atoms with E-state index in [9.17, 15) is 9.90 Å². The van der Waals surface area contributed by atoms with Gasteiger partial charge in [-0.2, -0.15) is 0 Å². The van der Waals surface area contributed by atoms with E-state index in [1.165, 1.54) is 39.4 Å². The summed E-state index contributed by atoms with van der Waals surface area (Å²) in [6.45, 7) is 8.80. The summed E-state index contributed by atoms with van der Waals surface area (Å²) in [5.41, 5.74) is 1.50. The molecule has 0 unspecified atom stereocenters. The summed E-state index contributed by atoms with van der Waals surface area (Å²) in [5.74, 6) is 0.0748. The molecule has 0 aliphatic heterocycles. The Morgan fingerprint density at radius 1 is 1.14 bits per heavy atom. The minimum absolute atomic E-state index is 0.0748. The Bertz CT molecular complexity index is 416. The van der Waals surface area contributed by atoms with Crippen molar-refractivity contribution in [3.8, 4) is 5.75 Å². The van der Waals surface area contributed by atoms with E-state index in [0.717, 1.165) is 12.0 Å². The van der Waals surface area contributed by atoms with Gasteiger partial charge >= 0.3 is 6.03 Å². The molecule has 126 valence electrons. The van der Waals surface area contributed by atoms with Crippen molar-refractivity contribution in [3.63, 3.8) is 0 Å². The number of benzene rings is 1. The molecule has 0 aliphatic carbocycles. The number of nitrogens with one attached hydrogen (secondary N) is 3. The van der Waals surface area contributed by atoms with Gasteiger partial charge in [-0.3, -0.25) is 0 Å². The highest BCUT2D eigenvalue weighted by Crippen LogP contribution is 2.24. The fourth-order valence-electron chi connectivity index (χ4n) is 1.69. The first kappa shape index (κ1) is 20.2. The lowest BCUT2D eigenvalue weighted by molar-refractivity contribution is 0.254. The smallest absolute Gasteiger partial charge is 0.319 e. The summed E-state index contributed by atoms with van der Waals surface area (Å²) < 4.78 is 0. The largest absolute Gasteiger partial charge is 0.506 e. The molecular formula is C17H31N3O2. The van der Waals surface area contributed by atoms with Crippen molar-refractivity contribution in [3.05, 3.63) is 23.8 Å². The number of amides is 2. The molecule has 4 N–H and O–H groups in total. The second-order valence-corrected chi connectivity index (χ2v) is 5.01. The summed E-state index contributed by atoms with van der Waals surface area (Å²) in [6.07, 6.45) is 4.74. The standard InChI is InChI=1S/C10H14N2O2.C7H17N/c1-3-7-4-5-9(13)8(6-7)12-10(14)11-2;1-3-5-7-8-6-4-2/h4-6,13H,3H2,1-2H3,(H2,11,12,14);8H,3-7H2,1-2H3. The fraction of sp³-hybridized carbons (Fsp3) is 0.588. The van der Waals surface area contributed by atoms with Crippen molar-refractivity contribution in [2.45, 2.75) is 46.5 Å². The van der Waals surface area contributed by atoms with Crippen LogP contribution in [0.4, 0.5) is 10.5 Å². The van der Waals surface area contributed by atoms with E-state index in [4.69, 9.17) is 0 Å². The van der Waals surface area contributed by atoms with Gasteiger partial charge in [-0.25, -0.2) is 4.79 Å². The van der Waals surface area contributed by atoms with Crippen LogP contribution in [0.25, 0.3) is 0 Å². The summed E-state index contributed by atoms with van der Waals surface area (Å²) in [6, 6.07) is 4.81. The van der Waals surface area contributed by atoms with E-state index in [1.807, 2.05) is 13.0 Å². The Hall–Kier alpha value is -1.75. The molecule has 0 spiro atoms. The predicted molar refractivity (Wildman–Crippen MR) is 93.6 cm³/mol. The topological polar surface area (TPSA) is 73.4 Å². The molecule has 0 saturated carbocycles. The molecule has 0 fully saturated rings. The van der Waals surface area contributed by atoms with Gasteiger partial charge in [0.15, 0.2) is 0 Å². The summed E-state index contributed by atoms with van der Waals surface area (Å²) in [5, 5.41) is 17.7. The lowest BCUT2D eigenvalue weighted by atomic mass is 10.1. The van der Waals surface area contributed by atoms with Crippen LogP contribution in [0.1, 0.15) is 45.6 Å². The molecule has 0 saturated heterocycles. The highest BCUT2D eigenvalue weighted by atomic mass is 16.3. The van der Waals surface area contributed by atoms with Gasteiger partial charge in [0, 0.05) is 7.05 Å². The van der Waals surface area contributed by atoms with Gasteiger partial charge in [-0.15, -0.1) is 0 Å². The average molecular weight is 309 g/mol. The van der Waals surface area contributed by atoms with Gasteiger partial charge in [-0.05, 0) is 50.0 Å². The first-order chi connectivity index (χ1) is 10.6. The van der Waals surface area contributed by atoms with Gasteiger partial charge in [0.05, 0.1) is 5.69 Å². The van der Waals surface area contributed by atoms with Crippen LogP contribution in [-0.4, -0.2) is 31.3 Å². The fourth-order valence-corrected chi connectivity index (χ4v) is 1.69. The summed E-state index contributed by atoms with van der Waals surface area (Å²) in [4.78, 5) is 11.0. The van der Waals surface area contributed by atoms with Crippen molar-refractivity contribution in [1.82, 2.24) is 10.6 Å². The normalized spacial score (nSPS) is 9.64. The number of anilines is 1. The van der Waals surface area contributed by atoms with Crippen LogP contribution in [0, 0.1) is 0 Å². The van der Waals surface area contributed by atoms with Gasteiger partial charge in [0.1, 0.15) is 5.75 Å². The maximum atomic E-state index is 11.0. The molecule has 0 radical (unpaired) electrons. The second kappa shape index (κ2) is 13.0. The zero-order chi connectivity index (χ0) is 16.8. The molecule has 0 aliphatic rings. The van der Waals surface area contributed by atoms with E-state index >= 15 is 0 Å². The number of carbonyl (C=O) groups is 1. The monoisotopic (exact) mass is 309 g/mol. The Labute approximate surface area is 134 Å². The Morgan fingerprint density at radius 3 is 2.41 bits per heavy atom. The predicted octanol–water partition coefficient (Wildman–Crippen LogP) is 3.49. The van der Waals surface area contributed by atoms with Crippen molar-refractivity contribution in [1.29, 1.82) is 0 Å². The van der Waals surface area contributed by atoms with Crippen molar-refractivity contribution >= 4 is 11.7 Å². The quantitative estimate of drug-likeness (QED) is 0.460. The molecule has 2 amide bonds. The molecule has 0 aromatic heterocycles. The van der Waals surface area contributed by atoms with Crippen LogP contribution in [0.5, 0.6) is 5.75 Å². The lowest BCUT2D eigenvalue weighted by Gasteiger charge is -2.07. The molecular weight excluding hydrogens is 278 g/mol. The molecule has 0 heterocycles. The molecule has 5 nitrogen and oxygen atoms in total. The van der Waals surface area contributed by atoms with E-state index < -0.39 is 0 Å². The molecule has 5 heteroatoms. The number of carbonyl (C=O) groups excluding carboxylic acids is 1. The lowest BCUT2D eigenvalue weighted by Crippen LogP contribution is -2.24. The molecule has 0 atom stereocenters. The van der Waals surface area contributed by atoms with Crippen molar-refractivity contribution < 1.29 is 9.90 Å².